The molecule has 0 fully saturated rings. The highest BCUT2D eigenvalue weighted by Crippen LogP contribution is 2.29. The van der Waals surface area contributed by atoms with Crippen LogP contribution in [0.25, 0.3) is 0 Å². The molecule has 1 aromatic carbocycles. The van der Waals surface area contributed by atoms with E-state index in [0.29, 0.717) is 0 Å². The summed E-state index contributed by atoms with van der Waals surface area (Å²) in [5.41, 5.74) is 2.17. The minimum atomic E-state index is 0.272. The van der Waals surface area contributed by atoms with E-state index in [1.54, 1.807) is 18.4 Å². The van der Waals surface area contributed by atoms with E-state index in [-0.39, 0.29) is 6.04 Å². The molecular weight excluding hydrogens is 258 g/mol. The number of nitrogens with zero attached hydrogens (tertiary/aromatic N) is 2. The fourth-order valence-corrected chi connectivity index (χ4v) is 2.60. The van der Waals surface area contributed by atoms with Crippen molar-refractivity contribution in [1.82, 2.24) is 10.3 Å². The number of rotatable bonds is 5. The molecule has 0 bridgehead atoms. The molecule has 1 aromatic heterocycles. The topological polar surface area (TPSA) is 37.4 Å². The molecule has 0 amide bonds. The summed E-state index contributed by atoms with van der Waals surface area (Å²) >= 11 is 1.65. The molecule has 0 aliphatic heterocycles. The molecule has 0 aliphatic carbocycles. The second kappa shape index (κ2) is 6.04. The van der Waals surface area contributed by atoms with Gasteiger partial charge in [0.25, 0.3) is 0 Å². The van der Waals surface area contributed by atoms with E-state index in [0.717, 1.165) is 22.3 Å². The molecule has 1 unspecified atom stereocenters. The van der Waals surface area contributed by atoms with Gasteiger partial charge in [-0.3, -0.25) is 0 Å². The Labute approximate surface area is 118 Å². The van der Waals surface area contributed by atoms with Gasteiger partial charge < -0.3 is 15.0 Å². The lowest BCUT2D eigenvalue weighted by molar-refractivity contribution is 0.415. The summed E-state index contributed by atoms with van der Waals surface area (Å²) in [5, 5.41) is 6.28. The Morgan fingerprint density at radius 1 is 1.32 bits per heavy atom. The predicted molar refractivity (Wildman–Crippen MR) is 80.6 cm³/mol. The maximum Gasteiger partial charge on any atom is 0.189 e. The van der Waals surface area contributed by atoms with Crippen molar-refractivity contribution in [1.29, 1.82) is 0 Å². The van der Waals surface area contributed by atoms with Crippen molar-refractivity contribution in [3.63, 3.8) is 0 Å². The molecule has 4 nitrogen and oxygen atoms in total. The van der Waals surface area contributed by atoms with Crippen LogP contribution in [0, 0.1) is 0 Å². The summed E-state index contributed by atoms with van der Waals surface area (Å²) in [6.07, 6.45) is 0. The third-order valence-corrected chi connectivity index (χ3v) is 4.07. The average molecular weight is 277 g/mol. The molecule has 19 heavy (non-hydrogen) atoms. The quantitative estimate of drug-likeness (QED) is 0.910. The Morgan fingerprint density at radius 3 is 2.58 bits per heavy atom. The van der Waals surface area contributed by atoms with Crippen LogP contribution in [-0.2, 0) is 0 Å². The molecule has 5 heteroatoms. The molecule has 1 heterocycles. The highest BCUT2D eigenvalue weighted by Gasteiger charge is 2.12. The van der Waals surface area contributed by atoms with Crippen LogP contribution >= 0.6 is 11.3 Å². The first-order valence-corrected chi connectivity index (χ1v) is 7.04. The van der Waals surface area contributed by atoms with Crippen LogP contribution in [0.5, 0.6) is 5.75 Å². The van der Waals surface area contributed by atoms with Crippen LogP contribution in [0.4, 0.5) is 10.8 Å². The number of methoxy groups -OCH3 is 1. The first-order valence-electron chi connectivity index (χ1n) is 6.16. The van der Waals surface area contributed by atoms with E-state index in [1.165, 1.54) is 0 Å². The molecular formula is C14H19N3OS. The standard InChI is InChI=1S/C14H19N3OS/c1-10(15-2)13-9-19-14(16-13)17(3)11-5-7-12(18-4)8-6-11/h5-10,15H,1-4H3. The third kappa shape index (κ3) is 3.05. The summed E-state index contributed by atoms with van der Waals surface area (Å²) in [5.74, 6) is 0.862. The van der Waals surface area contributed by atoms with Crippen LogP contribution in [0.1, 0.15) is 18.7 Å². The summed E-state index contributed by atoms with van der Waals surface area (Å²) < 4.78 is 5.16. The van der Waals surface area contributed by atoms with Crippen molar-refractivity contribution < 1.29 is 4.74 Å². The average Bonchev–Trinajstić information content (AvgIpc) is 2.95. The fraction of sp³-hybridized carbons (Fsp3) is 0.357. The highest BCUT2D eigenvalue weighted by molar-refractivity contribution is 7.13. The van der Waals surface area contributed by atoms with Gasteiger partial charge in [-0.2, -0.15) is 0 Å². The SMILES string of the molecule is CNC(C)c1csc(N(C)c2ccc(OC)cc2)n1. The third-order valence-electron chi connectivity index (χ3n) is 3.13. The molecule has 0 saturated carbocycles. The number of hydrogen-bond donors (Lipinski definition) is 1. The highest BCUT2D eigenvalue weighted by atomic mass is 32.1. The zero-order valence-corrected chi connectivity index (χ0v) is 12.5. The van der Waals surface area contributed by atoms with Gasteiger partial charge in [-0.25, -0.2) is 4.98 Å². The van der Waals surface area contributed by atoms with Crippen molar-refractivity contribution in [2.75, 3.05) is 26.1 Å². The van der Waals surface area contributed by atoms with Gasteiger partial charge in [-0.15, -0.1) is 11.3 Å². The van der Waals surface area contributed by atoms with Crippen LogP contribution in [0.2, 0.25) is 0 Å². The second-order valence-electron chi connectivity index (χ2n) is 4.32. The van der Waals surface area contributed by atoms with Crippen LogP contribution in [0.15, 0.2) is 29.6 Å². The fourth-order valence-electron chi connectivity index (χ4n) is 1.69. The minimum Gasteiger partial charge on any atom is -0.497 e. The second-order valence-corrected chi connectivity index (χ2v) is 5.16. The van der Waals surface area contributed by atoms with Gasteiger partial charge in [0, 0.05) is 24.2 Å². The lowest BCUT2D eigenvalue weighted by Crippen LogP contribution is -2.13. The van der Waals surface area contributed by atoms with E-state index in [9.17, 15) is 0 Å². The van der Waals surface area contributed by atoms with E-state index in [2.05, 4.69) is 27.5 Å². The molecule has 0 aliphatic rings. The molecule has 1 atom stereocenters. The monoisotopic (exact) mass is 277 g/mol. The van der Waals surface area contributed by atoms with Gasteiger partial charge in [0.05, 0.1) is 12.8 Å². The lowest BCUT2D eigenvalue weighted by atomic mass is 10.3. The predicted octanol–water partition coefficient (Wildman–Crippen LogP) is 3.20. The van der Waals surface area contributed by atoms with Crippen molar-refractivity contribution >= 4 is 22.2 Å². The smallest absolute Gasteiger partial charge is 0.189 e. The van der Waals surface area contributed by atoms with Gasteiger partial charge in [0.15, 0.2) is 5.13 Å². The summed E-state index contributed by atoms with van der Waals surface area (Å²) in [6, 6.07) is 8.24. The van der Waals surface area contributed by atoms with E-state index >= 15 is 0 Å². The number of thiazole rings is 1. The number of anilines is 2. The summed E-state index contributed by atoms with van der Waals surface area (Å²) in [4.78, 5) is 6.73. The molecule has 0 spiro atoms. The van der Waals surface area contributed by atoms with Crippen LogP contribution in [0.3, 0.4) is 0 Å². The van der Waals surface area contributed by atoms with Gasteiger partial charge in [-0.05, 0) is 38.2 Å². The van der Waals surface area contributed by atoms with E-state index in [4.69, 9.17) is 4.74 Å². The van der Waals surface area contributed by atoms with Gasteiger partial charge in [0.1, 0.15) is 5.75 Å². The van der Waals surface area contributed by atoms with Crippen LogP contribution in [-0.4, -0.2) is 26.2 Å². The number of hydrogen-bond acceptors (Lipinski definition) is 5. The Hall–Kier alpha value is -1.59. The Bertz CT molecular complexity index is 524. The molecule has 0 radical (unpaired) electrons. The molecule has 1 N–H and O–H groups in total. The first-order chi connectivity index (χ1) is 9.15. The van der Waals surface area contributed by atoms with Crippen LogP contribution < -0.4 is 15.0 Å². The Kier molecular flexibility index (Phi) is 4.39. The number of aromatic nitrogens is 1. The zero-order chi connectivity index (χ0) is 13.8. The van der Waals surface area contributed by atoms with Gasteiger partial charge >= 0.3 is 0 Å². The van der Waals surface area contributed by atoms with Gasteiger partial charge in [-0.1, -0.05) is 0 Å². The minimum absolute atomic E-state index is 0.272. The maximum absolute atomic E-state index is 5.16. The number of benzene rings is 1. The van der Waals surface area contributed by atoms with Crippen molar-refractivity contribution in [2.45, 2.75) is 13.0 Å². The normalized spacial score (nSPS) is 12.2. The van der Waals surface area contributed by atoms with Crippen molar-refractivity contribution in [3.8, 4) is 5.75 Å². The van der Waals surface area contributed by atoms with Crippen molar-refractivity contribution in [3.05, 3.63) is 35.3 Å². The Morgan fingerprint density at radius 2 is 2.00 bits per heavy atom. The largest absolute Gasteiger partial charge is 0.497 e. The number of ether oxygens (including phenoxy) is 1. The summed E-state index contributed by atoms with van der Waals surface area (Å²) in [6.45, 7) is 2.10. The molecule has 2 aromatic rings. The van der Waals surface area contributed by atoms with Gasteiger partial charge in [0.2, 0.25) is 0 Å². The Balaban J connectivity index is 2.18. The molecule has 102 valence electrons. The van der Waals surface area contributed by atoms with E-state index in [1.807, 2.05) is 38.4 Å². The number of nitrogens with one attached hydrogen (secondary N) is 1. The zero-order valence-electron chi connectivity index (χ0n) is 11.7. The van der Waals surface area contributed by atoms with E-state index < -0.39 is 0 Å². The lowest BCUT2D eigenvalue weighted by Gasteiger charge is -2.16. The van der Waals surface area contributed by atoms with Crippen molar-refractivity contribution in [2.24, 2.45) is 0 Å². The maximum atomic E-state index is 5.16. The summed E-state index contributed by atoms with van der Waals surface area (Å²) in [7, 11) is 5.64. The molecule has 2 rings (SSSR count). The first kappa shape index (κ1) is 13.8. The molecule has 0 saturated heterocycles.